The normalized spacial score (nSPS) is 13.4. The molecule has 0 unspecified atom stereocenters. The van der Waals surface area contributed by atoms with Crippen molar-refractivity contribution in [3.05, 3.63) is 64.4 Å². The van der Waals surface area contributed by atoms with E-state index in [2.05, 4.69) is 62.6 Å². The largest absolute Gasteiger partial charge is 0.550 e. The number of amides is 1. The second-order valence-electron chi connectivity index (χ2n) is 10.6. The summed E-state index contributed by atoms with van der Waals surface area (Å²) in [5.41, 5.74) is -0.733. The number of nitrogens with one attached hydrogen (secondary N) is 2. The van der Waals surface area contributed by atoms with Crippen LogP contribution in [0.5, 0.6) is 0 Å². The fourth-order valence-corrected chi connectivity index (χ4v) is 12.4. The van der Waals surface area contributed by atoms with E-state index >= 15 is 0 Å². The van der Waals surface area contributed by atoms with Crippen LogP contribution in [0.3, 0.4) is 0 Å². The number of nitrogens with zero attached hydrogens (tertiary/aromatic N) is 1. The summed E-state index contributed by atoms with van der Waals surface area (Å²) >= 11 is 5.81. The number of halogens is 5. The molecule has 36 heavy (non-hydrogen) atoms. The van der Waals surface area contributed by atoms with Crippen molar-refractivity contribution in [3.63, 3.8) is 0 Å². The minimum Gasteiger partial charge on any atom is -0.550 e. The Morgan fingerprint density at radius 3 is 2.19 bits per heavy atom. The van der Waals surface area contributed by atoms with E-state index in [1.165, 1.54) is 25.3 Å². The summed E-state index contributed by atoms with van der Waals surface area (Å²) in [4.78, 5) is 17.3. The molecule has 2 N–H and O–H groups in total. The van der Waals surface area contributed by atoms with Crippen molar-refractivity contribution in [2.75, 3.05) is 10.6 Å². The third-order valence-corrected chi connectivity index (χ3v) is 26.2. The molecule has 1 amide bonds. The lowest BCUT2D eigenvalue weighted by Crippen LogP contribution is -2.61. The molecule has 2 aromatic rings. The highest BCUT2D eigenvalue weighted by Gasteiger charge is 2.51. The van der Waals surface area contributed by atoms with Gasteiger partial charge in [0, 0.05) is 11.4 Å². The zero-order valence-corrected chi connectivity index (χ0v) is 24.4. The monoisotopic (exact) mass is 561 g/mol. The molecule has 1 aromatic heterocycles. The van der Waals surface area contributed by atoms with Crippen molar-refractivity contribution in [2.45, 2.75) is 65.1 Å². The molecule has 0 atom stereocenters. The van der Waals surface area contributed by atoms with Crippen LogP contribution in [-0.2, 0) is 15.4 Å². The predicted molar refractivity (Wildman–Crippen MR) is 141 cm³/mol. The number of carbonyl (C=O) groups excluding carboxylic acids is 1. The molecule has 0 radical (unpaired) electrons. The number of benzene rings is 1. The molecule has 1 heterocycles. The lowest BCUT2D eigenvalue weighted by molar-refractivity contribution is -0.137. The number of anilines is 2. The van der Waals surface area contributed by atoms with Gasteiger partial charge >= 0.3 is 6.18 Å². The van der Waals surface area contributed by atoms with Crippen LogP contribution in [-0.4, -0.2) is 26.3 Å². The summed E-state index contributed by atoms with van der Waals surface area (Å²) in [7, 11) is -4.35. The third-order valence-electron chi connectivity index (χ3n) is 6.82. The Bertz CT molecular complexity index is 1160. The molecule has 0 aliphatic heterocycles. The van der Waals surface area contributed by atoms with E-state index in [9.17, 15) is 22.4 Å². The maximum absolute atomic E-state index is 13.5. The first-order valence-electron chi connectivity index (χ1n) is 11.2. The predicted octanol–water partition coefficient (Wildman–Crippen LogP) is 7.90. The standard InChI is InChI=1S/C24H32ClF4N3O2Si2/c1-15-11-16(24(27,28)29)12-21(30-15)32-20(14-34-36(7,8)35(5,6)23(2,3)4)22(33)31-17-9-10-19(26)18(25)13-17/h9-14H,1-8H3,(H,30,32)(H,31,33). The lowest BCUT2D eigenvalue weighted by atomic mass is 10.2. The minimum atomic E-state index is -4.59. The SMILES string of the molecule is Cc1cc(C(F)(F)F)cc(NC(=CO[Si](C)(C)[Si](C)(C)C(C)(C)C)C(=O)Nc2ccc(F)c(Cl)c2)n1. The van der Waals surface area contributed by atoms with E-state index in [-0.39, 0.29) is 33.0 Å². The Labute approximate surface area is 216 Å². The molecule has 0 bridgehead atoms. The number of carbonyl (C=O) groups is 1. The summed E-state index contributed by atoms with van der Waals surface area (Å²) in [5, 5.41) is 5.08. The van der Waals surface area contributed by atoms with Gasteiger partial charge < -0.3 is 15.1 Å². The van der Waals surface area contributed by atoms with Gasteiger partial charge in [-0.3, -0.25) is 4.79 Å². The molecule has 0 aliphatic carbocycles. The van der Waals surface area contributed by atoms with E-state index in [0.29, 0.717) is 0 Å². The molecule has 0 saturated carbocycles. The summed E-state index contributed by atoms with van der Waals surface area (Å²) < 4.78 is 59.8. The number of aromatic nitrogens is 1. The minimum absolute atomic E-state index is 0.0109. The van der Waals surface area contributed by atoms with Crippen molar-refractivity contribution < 1.29 is 26.8 Å². The molecule has 0 saturated heterocycles. The molecule has 0 aliphatic rings. The fourth-order valence-electron chi connectivity index (χ4n) is 3.20. The average Bonchev–Trinajstić information content (AvgIpc) is 2.71. The Hall–Kier alpha value is -2.38. The number of hydrogen-bond acceptors (Lipinski definition) is 4. The average molecular weight is 562 g/mol. The molecular weight excluding hydrogens is 530 g/mol. The Balaban J connectivity index is 2.48. The highest BCUT2D eigenvalue weighted by atomic mass is 35.5. The Morgan fingerprint density at radius 2 is 1.67 bits per heavy atom. The van der Waals surface area contributed by atoms with Gasteiger partial charge in [-0.2, -0.15) is 13.2 Å². The molecular formula is C24H32ClF4N3O2Si2. The van der Waals surface area contributed by atoms with Crippen molar-refractivity contribution in [1.29, 1.82) is 0 Å². The lowest BCUT2D eigenvalue weighted by Gasteiger charge is -2.46. The van der Waals surface area contributed by atoms with Gasteiger partial charge in [0.2, 0.25) is 7.83 Å². The Kier molecular flexibility index (Phi) is 8.74. The fraction of sp³-hybridized carbons (Fsp3) is 0.417. The van der Waals surface area contributed by atoms with Crippen LogP contribution in [0.2, 0.25) is 36.2 Å². The number of pyridine rings is 1. The van der Waals surface area contributed by atoms with Gasteiger partial charge in [-0.05, 0) is 55.4 Å². The van der Waals surface area contributed by atoms with Gasteiger partial charge in [0.1, 0.15) is 17.3 Å². The van der Waals surface area contributed by atoms with Crippen molar-refractivity contribution in [2.24, 2.45) is 0 Å². The van der Waals surface area contributed by atoms with E-state index in [1.54, 1.807) is 0 Å². The zero-order valence-electron chi connectivity index (χ0n) is 21.6. The van der Waals surface area contributed by atoms with Gasteiger partial charge in [0.05, 0.1) is 24.4 Å². The van der Waals surface area contributed by atoms with Crippen LogP contribution in [0.15, 0.2) is 42.3 Å². The summed E-state index contributed by atoms with van der Waals surface area (Å²) in [6.07, 6.45) is -3.33. The summed E-state index contributed by atoms with van der Waals surface area (Å²) in [6.45, 7) is 16.4. The summed E-state index contributed by atoms with van der Waals surface area (Å²) in [6, 6.07) is 5.38. The number of aryl methyl sites for hydroxylation is 1. The maximum Gasteiger partial charge on any atom is 0.416 e. The second kappa shape index (κ2) is 10.5. The molecule has 12 heteroatoms. The van der Waals surface area contributed by atoms with Gasteiger partial charge in [-0.25, -0.2) is 9.37 Å². The van der Waals surface area contributed by atoms with E-state index < -0.39 is 38.9 Å². The second-order valence-corrected chi connectivity index (χ2v) is 26.4. The van der Waals surface area contributed by atoms with E-state index in [0.717, 1.165) is 18.2 Å². The van der Waals surface area contributed by atoms with Crippen LogP contribution < -0.4 is 10.6 Å². The van der Waals surface area contributed by atoms with Gasteiger partial charge in [0.25, 0.3) is 5.91 Å². The Morgan fingerprint density at radius 1 is 1.06 bits per heavy atom. The number of alkyl halides is 3. The first kappa shape index (κ1) is 29.9. The van der Waals surface area contributed by atoms with E-state index in [4.69, 9.17) is 16.0 Å². The number of hydrogen-bond donors (Lipinski definition) is 2. The highest BCUT2D eigenvalue weighted by molar-refractivity contribution is 7.39. The van der Waals surface area contributed by atoms with Gasteiger partial charge in [-0.15, -0.1) is 0 Å². The van der Waals surface area contributed by atoms with Crippen molar-refractivity contribution in [1.82, 2.24) is 4.98 Å². The van der Waals surface area contributed by atoms with Crippen molar-refractivity contribution in [3.8, 4) is 0 Å². The molecule has 2 rings (SSSR count). The van der Waals surface area contributed by atoms with Crippen molar-refractivity contribution >= 4 is 44.4 Å². The summed E-state index contributed by atoms with van der Waals surface area (Å²) in [5.74, 6) is -1.54. The number of rotatable bonds is 7. The molecule has 1 aromatic carbocycles. The molecule has 198 valence electrons. The van der Waals surface area contributed by atoms with Crippen LogP contribution in [0, 0.1) is 12.7 Å². The van der Waals surface area contributed by atoms with Gasteiger partial charge in [-0.1, -0.05) is 45.5 Å². The van der Waals surface area contributed by atoms with Crippen LogP contribution in [0.25, 0.3) is 0 Å². The third kappa shape index (κ3) is 7.10. The maximum atomic E-state index is 13.5. The van der Waals surface area contributed by atoms with Crippen LogP contribution in [0.4, 0.5) is 29.1 Å². The quantitative estimate of drug-likeness (QED) is 0.156. The zero-order chi connectivity index (χ0) is 27.7. The smallest absolute Gasteiger partial charge is 0.416 e. The topological polar surface area (TPSA) is 63.2 Å². The molecule has 0 fully saturated rings. The first-order valence-corrected chi connectivity index (χ1v) is 18.5. The van der Waals surface area contributed by atoms with Crippen LogP contribution >= 0.6 is 11.6 Å². The highest BCUT2D eigenvalue weighted by Crippen LogP contribution is 2.42. The molecule has 0 spiro atoms. The van der Waals surface area contributed by atoms with Crippen LogP contribution in [0.1, 0.15) is 32.0 Å². The first-order chi connectivity index (χ1) is 16.2. The molecule has 5 nitrogen and oxygen atoms in total. The van der Waals surface area contributed by atoms with E-state index in [1.807, 2.05) is 0 Å². The van der Waals surface area contributed by atoms with Gasteiger partial charge in [0.15, 0.2) is 0 Å².